The monoisotopic (exact) mass is 373 g/mol. The molecule has 1 aromatic rings. The largest absolute Gasteiger partial charge is 0.486 e. The number of nitrogens with two attached hydrogens (primary N) is 1. The number of rotatable bonds is 7. The summed E-state index contributed by atoms with van der Waals surface area (Å²) < 4.78 is 19.7. The minimum absolute atomic E-state index is 0.0745. The molecule has 3 N–H and O–H groups in total. The molecule has 8 heteroatoms. The van der Waals surface area contributed by atoms with Crippen LogP contribution < -0.4 is 16.0 Å². The van der Waals surface area contributed by atoms with E-state index >= 15 is 0 Å². The Morgan fingerprint density at radius 3 is 3.00 bits per heavy atom. The zero-order chi connectivity index (χ0) is 17.7. The van der Waals surface area contributed by atoms with Crippen LogP contribution in [0.2, 0.25) is 10.0 Å². The van der Waals surface area contributed by atoms with E-state index in [-0.39, 0.29) is 40.6 Å². The Morgan fingerprint density at radius 1 is 1.58 bits per heavy atom. The van der Waals surface area contributed by atoms with Gasteiger partial charge in [0.05, 0.1) is 10.0 Å². The second-order valence-corrected chi connectivity index (χ2v) is 6.16. The van der Waals surface area contributed by atoms with Crippen LogP contribution in [0, 0.1) is 5.82 Å². The van der Waals surface area contributed by atoms with Gasteiger partial charge in [0, 0.05) is 30.2 Å². The maximum Gasteiger partial charge on any atom is 0.234 e. The third-order valence-electron chi connectivity index (χ3n) is 3.73. The first kappa shape index (κ1) is 18.7. The smallest absolute Gasteiger partial charge is 0.234 e. The lowest BCUT2D eigenvalue weighted by atomic mass is 9.93. The molecule has 0 aromatic heterocycles. The van der Waals surface area contributed by atoms with E-state index < -0.39 is 5.82 Å². The quantitative estimate of drug-likeness (QED) is 0.253. The lowest BCUT2D eigenvalue weighted by molar-refractivity contribution is -0.121. The van der Waals surface area contributed by atoms with E-state index in [0.717, 1.165) is 11.8 Å². The SMILES string of the molecule is C=CCOc1c(F)cc(Cl)c(Cl)c1C1CN=C(CCC(=O)NN)C1. The molecule has 1 unspecified atom stereocenters. The molecular weight excluding hydrogens is 356 g/mol. The molecule has 1 atom stereocenters. The molecule has 0 fully saturated rings. The number of nitrogens with zero attached hydrogens (tertiary/aromatic N) is 1. The van der Waals surface area contributed by atoms with Crippen LogP contribution in [0.4, 0.5) is 4.39 Å². The molecule has 0 aliphatic carbocycles. The number of aliphatic imine (C=N–C) groups is 1. The Balaban J connectivity index is 2.20. The first-order chi connectivity index (χ1) is 11.5. The van der Waals surface area contributed by atoms with Gasteiger partial charge >= 0.3 is 0 Å². The van der Waals surface area contributed by atoms with Gasteiger partial charge < -0.3 is 4.74 Å². The highest BCUT2D eigenvalue weighted by atomic mass is 35.5. The van der Waals surface area contributed by atoms with Crippen LogP contribution in [0.5, 0.6) is 5.75 Å². The Kier molecular flexibility index (Phi) is 6.60. The average Bonchev–Trinajstić information content (AvgIpc) is 3.03. The van der Waals surface area contributed by atoms with Crippen molar-refractivity contribution < 1.29 is 13.9 Å². The summed E-state index contributed by atoms with van der Waals surface area (Å²) in [6, 6.07) is 1.13. The van der Waals surface area contributed by atoms with E-state index in [9.17, 15) is 9.18 Å². The molecule has 1 amide bonds. The van der Waals surface area contributed by atoms with E-state index in [1.54, 1.807) is 0 Å². The van der Waals surface area contributed by atoms with Crippen molar-refractivity contribution in [3.8, 4) is 5.75 Å². The van der Waals surface area contributed by atoms with E-state index in [1.807, 2.05) is 0 Å². The fourth-order valence-electron chi connectivity index (χ4n) is 2.61. The molecule has 1 aromatic carbocycles. The number of carbonyl (C=O) groups excluding carboxylic acids is 1. The number of hydrogen-bond acceptors (Lipinski definition) is 4. The minimum Gasteiger partial charge on any atom is -0.486 e. The Hall–Kier alpha value is -1.63. The number of hydrazine groups is 1. The van der Waals surface area contributed by atoms with Gasteiger partial charge in [0.25, 0.3) is 0 Å². The number of amides is 1. The number of nitrogens with one attached hydrogen (secondary N) is 1. The summed E-state index contributed by atoms with van der Waals surface area (Å²) in [5, 5.41) is 0.393. The highest BCUT2D eigenvalue weighted by Crippen LogP contribution is 2.43. The van der Waals surface area contributed by atoms with Crippen LogP contribution in [0.1, 0.15) is 30.7 Å². The molecule has 0 bridgehead atoms. The summed E-state index contributed by atoms with van der Waals surface area (Å²) in [7, 11) is 0. The molecule has 24 heavy (non-hydrogen) atoms. The molecule has 0 radical (unpaired) electrons. The molecular formula is C16H18Cl2FN3O2. The first-order valence-electron chi connectivity index (χ1n) is 7.40. The first-order valence-corrected chi connectivity index (χ1v) is 8.16. The van der Waals surface area contributed by atoms with Crippen molar-refractivity contribution in [2.75, 3.05) is 13.2 Å². The van der Waals surface area contributed by atoms with Crippen molar-refractivity contribution >= 4 is 34.8 Å². The van der Waals surface area contributed by atoms with Crippen molar-refractivity contribution in [1.82, 2.24) is 5.43 Å². The van der Waals surface area contributed by atoms with Crippen molar-refractivity contribution in [3.05, 3.63) is 40.1 Å². The maximum atomic E-state index is 14.3. The summed E-state index contributed by atoms with van der Waals surface area (Å²) in [5.41, 5.74) is 3.44. The number of ether oxygens (including phenoxy) is 1. The molecule has 130 valence electrons. The van der Waals surface area contributed by atoms with Gasteiger partial charge in [0.1, 0.15) is 6.61 Å². The Bertz CT molecular complexity index is 680. The van der Waals surface area contributed by atoms with Crippen molar-refractivity contribution in [2.45, 2.75) is 25.2 Å². The maximum absolute atomic E-state index is 14.3. The highest BCUT2D eigenvalue weighted by molar-refractivity contribution is 6.42. The van der Waals surface area contributed by atoms with Crippen LogP contribution in [-0.2, 0) is 4.79 Å². The normalized spacial score (nSPS) is 16.7. The van der Waals surface area contributed by atoms with Crippen molar-refractivity contribution in [3.63, 3.8) is 0 Å². The van der Waals surface area contributed by atoms with Gasteiger partial charge in [-0.2, -0.15) is 0 Å². The van der Waals surface area contributed by atoms with Crippen LogP contribution in [0.3, 0.4) is 0 Å². The van der Waals surface area contributed by atoms with Gasteiger partial charge in [-0.1, -0.05) is 35.9 Å². The molecule has 0 saturated carbocycles. The van der Waals surface area contributed by atoms with E-state index in [2.05, 4.69) is 17.0 Å². The molecule has 1 aliphatic rings. The van der Waals surface area contributed by atoms with Gasteiger partial charge in [0.2, 0.25) is 5.91 Å². The third kappa shape index (κ3) is 4.26. The van der Waals surface area contributed by atoms with Crippen LogP contribution in [0.25, 0.3) is 0 Å². The third-order valence-corrected chi connectivity index (χ3v) is 4.54. The lowest BCUT2D eigenvalue weighted by Crippen LogP contribution is -2.30. The zero-order valence-corrected chi connectivity index (χ0v) is 14.5. The van der Waals surface area contributed by atoms with Crippen molar-refractivity contribution in [2.24, 2.45) is 10.8 Å². The van der Waals surface area contributed by atoms with Crippen LogP contribution in [0.15, 0.2) is 23.7 Å². The summed E-state index contributed by atoms with van der Waals surface area (Å²) >= 11 is 12.3. The molecule has 0 saturated heterocycles. The van der Waals surface area contributed by atoms with Gasteiger partial charge in [-0.25, -0.2) is 10.2 Å². The summed E-state index contributed by atoms with van der Waals surface area (Å²) in [4.78, 5) is 15.6. The predicted molar refractivity (Wildman–Crippen MR) is 93.3 cm³/mol. The number of halogens is 3. The Morgan fingerprint density at radius 2 is 2.33 bits per heavy atom. The van der Waals surface area contributed by atoms with Gasteiger partial charge in [-0.15, -0.1) is 0 Å². The summed E-state index contributed by atoms with van der Waals surface area (Å²) in [6.07, 6.45) is 2.82. The standard InChI is InChI=1S/C16H18Cl2FN3O2/c1-2-5-24-16-12(19)7-11(17)15(18)14(16)9-6-10(21-8-9)3-4-13(23)22-20/h2,7,9H,1,3-6,8,20H2,(H,22,23). The van der Waals surface area contributed by atoms with E-state index in [0.29, 0.717) is 24.9 Å². The summed E-state index contributed by atoms with van der Waals surface area (Å²) in [6.45, 7) is 4.14. The minimum atomic E-state index is -0.572. The molecule has 1 aliphatic heterocycles. The topological polar surface area (TPSA) is 76.7 Å². The molecule has 5 nitrogen and oxygen atoms in total. The second kappa shape index (κ2) is 8.46. The summed E-state index contributed by atoms with van der Waals surface area (Å²) in [5.74, 6) is 4.15. The van der Waals surface area contributed by atoms with E-state index in [1.165, 1.54) is 6.08 Å². The van der Waals surface area contributed by atoms with E-state index in [4.69, 9.17) is 33.8 Å². The molecule has 2 rings (SSSR count). The molecule has 0 spiro atoms. The number of carbonyl (C=O) groups is 1. The highest BCUT2D eigenvalue weighted by Gasteiger charge is 2.29. The van der Waals surface area contributed by atoms with Crippen LogP contribution >= 0.6 is 23.2 Å². The second-order valence-electron chi connectivity index (χ2n) is 5.37. The zero-order valence-electron chi connectivity index (χ0n) is 12.9. The lowest BCUT2D eigenvalue weighted by Gasteiger charge is -2.18. The van der Waals surface area contributed by atoms with Crippen LogP contribution in [-0.4, -0.2) is 24.8 Å². The van der Waals surface area contributed by atoms with Gasteiger partial charge in [0.15, 0.2) is 11.6 Å². The van der Waals surface area contributed by atoms with Crippen molar-refractivity contribution in [1.29, 1.82) is 0 Å². The predicted octanol–water partition coefficient (Wildman–Crippen LogP) is 3.40. The fraction of sp³-hybridized carbons (Fsp3) is 0.375. The molecule has 1 heterocycles. The average molecular weight is 374 g/mol. The number of hydrogen-bond donors (Lipinski definition) is 2. The Labute approximate surface area is 149 Å². The fourth-order valence-corrected chi connectivity index (χ4v) is 3.10. The van der Waals surface area contributed by atoms with Gasteiger partial charge in [-0.05, 0) is 18.9 Å². The van der Waals surface area contributed by atoms with Gasteiger partial charge in [-0.3, -0.25) is 15.2 Å². The number of benzene rings is 1.